The summed E-state index contributed by atoms with van der Waals surface area (Å²) in [5.74, 6) is -0.603. The third kappa shape index (κ3) is 4.09. The van der Waals surface area contributed by atoms with Crippen LogP contribution in [-0.2, 0) is 14.3 Å². The van der Waals surface area contributed by atoms with Crippen molar-refractivity contribution in [1.82, 2.24) is 0 Å². The van der Waals surface area contributed by atoms with E-state index in [1.807, 2.05) is 0 Å². The van der Waals surface area contributed by atoms with Crippen LogP contribution in [-0.4, -0.2) is 17.8 Å². The quantitative estimate of drug-likeness (QED) is 0.351. The Morgan fingerprint density at radius 1 is 1.60 bits per heavy atom. The molecular weight excluding hydrogens is 156 g/mol. The highest BCUT2D eigenvalue weighted by atomic mass is 35.5. The maximum absolute atomic E-state index is 10.5. The zero-order valence-electron chi connectivity index (χ0n) is 5.52. The molecule has 4 heteroatoms. The van der Waals surface area contributed by atoms with E-state index in [1.165, 1.54) is 6.92 Å². The van der Waals surface area contributed by atoms with Crippen LogP contribution in [0.15, 0.2) is 12.2 Å². The molecule has 0 fully saturated rings. The lowest BCUT2D eigenvalue weighted by Gasteiger charge is -1.98. The largest absolute Gasteiger partial charge is 0.453 e. The molecule has 0 radical (unpaired) electrons. The van der Waals surface area contributed by atoms with Gasteiger partial charge in [-0.2, -0.15) is 0 Å². The highest BCUT2D eigenvalue weighted by Gasteiger charge is 2.04. The summed E-state index contributed by atoms with van der Waals surface area (Å²) < 4.78 is 4.34. The fourth-order valence-corrected chi connectivity index (χ4v) is 0.300. The highest BCUT2D eigenvalue weighted by molar-refractivity contribution is 6.64. The summed E-state index contributed by atoms with van der Waals surface area (Å²) in [7, 11) is 0. The molecule has 0 rings (SSSR count). The second-order valence-electron chi connectivity index (χ2n) is 1.71. The summed E-state index contributed by atoms with van der Waals surface area (Å²) in [4.78, 5) is 20.5. The minimum Gasteiger partial charge on any atom is -0.453 e. The third-order valence-corrected chi connectivity index (χ3v) is 0.774. The van der Waals surface area contributed by atoms with Gasteiger partial charge in [0.2, 0.25) is 0 Å². The zero-order chi connectivity index (χ0) is 8.15. The van der Waals surface area contributed by atoms with Crippen molar-refractivity contribution in [2.45, 2.75) is 6.92 Å². The van der Waals surface area contributed by atoms with Gasteiger partial charge in [0.15, 0.2) is 6.61 Å². The van der Waals surface area contributed by atoms with Crippen molar-refractivity contribution in [3.05, 3.63) is 12.2 Å². The Morgan fingerprint density at radius 3 is 2.40 bits per heavy atom. The number of halogens is 1. The van der Waals surface area contributed by atoms with Crippen molar-refractivity contribution < 1.29 is 14.3 Å². The van der Waals surface area contributed by atoms with Crippen LogP contribution < -0.4 is 0 Å². The molecule has 56 valence electrons. The van der Waals surface area contributed by atoms with Gasteiger partial charge in [-0.3, -0.25) is 4.79 Å². The summed E-state index contributed by atoms with van der Waals surface area (Å²) in [6, 6.07) is 0. The second-order valence-corrected chi connectivity index (χ2v) is 2.13. The van der Waals surface area contributed by atoms with Crippen molar-refractivity contribution >= 4 is 22.8 Å². The molecule has 3 nitrogen and oxygen atoms in total. The Labute approximate surface area is 63.6 Å². The van der Waals surface area contributed by atoms with E-state index in [0.717, 1.165) is 0 Å². The first-order valence-corrected chi connectivity index (χ1v) is 2.93. The zero-order valence-corrected chi connectivity index (χ0v) is 6.27. The van der Waals surface area contributed by atoms with Gasteiger partial charge < -0.3 is 4.74 Å². The van der Waals surface area contributed by atoms with Crippen LogP contribution >= 0.6 is 11.6 Å². The molecule has 0 spiro atoms. The molecule has 0 aromatic heterocycles. The molecule has 0 heterocycles. The Balaban J connectivity index is 3.60. The van der Waals surface area contributed by atoms with E-state index >= 15 is 0 Å². The average Bonchev–Trinajstić information content (AvgIpc) is 1.82. The minimum absolute atomic E-state index is 0.248. The number of hydrogen-bond acceptors (Lipinski definition) is 3. The first-order chi connectivity index (χ1) is 4.54. The first kappa shape index (κ1) is 9.17. The minimum atomic E-state index is -0.699. The molecule has 0 atom stereocenters. The van der Waals surface area contributed by atoms with E-state index in [9.17, 15) is 9.59 Å². The Kier molecular flexibility index (Phi) is 3.72. The van der Waals surface area contributed by atoms with Gasteiger partial charge in [0.1, 0.15) is 0 Å². The van der Waals surface area contributed by atoms with Crippen LogP contribution in [0.4, 0.5) is 0 Å². The van der Waals surface area contributed by atoms with Gasteiger partial charge in [-0.25, -0.2) is 4.79 Å². The number of hydrogen-bond donors (Lipinski definition) is 0. The van der Waals surface area contributed by atoms with E-state index in [4.69, 9.17) is 11.6 Å². The Bertz CT molecular complexity index is 174. The van der Waals surface area contributed by atoms with Gasteiger partial charge in [-0.05, 0) is 18.5 Å². The monoisotopic (exact) mass is 162 g/mol. The molecule has 0 aromatic rings. The van der Waals surface area contributed by atoms with Gasteiger partial charge >= 0.3 is 5.97 Å². The fourth-order valence-electron chi connectivity index (χ4n) is 0.245. The summed E-state index contributed by atoms with van der Waals surface area (Å²) >= 11 is 4.88. The van der Waals surface area contributed by atoms with Crippen molar-refractivity contribution in [3.63, 3.8) is 0 Å². The van der Waals surface area contributed by atoms with E-state index in [2.05, 4.69) is 11.3 Å². The molecule has 10 heavy (non-hydrogen) atoms. The second kappa shape index (κ2) is 4.06. The number of ether oxygens (including phenoxy) is 1. The molecule has 0 aliphatic heterocycles. The maximum atomic E-state index is 10.5. The number of esters is 1. The van der Waals surface area contributed by atoms with Crippen LogP contribution in [0.5, 0.6) is 0 Å². The van der Waals surface area contributed by atoms with Gasteiger partial charge in [0.05, 0.1) is 0 Å². The lowest BCUT2D eigenvalue weighted by Crippen LogP contribution is -2.09. The molecule has 0 N–H and O–H groups in total. The lowest BCUT2D eigenvalue weighted by atomic mass is 10.4. The normalized spacial score (nSPS) is 8.60. The summed E-state index contributed by atoms with van der Waals surface area (Å²) in [5.41, 5.74) is 0.248. The summed E-state index contributed by atoms with van der Waals surface area (Å²) in [6.45, 7) is 4.40. The van der Waals surface area contributed by atoms with Crippen LogP contribution in [0, 0.1) is 0 Å². The molecule has 0 aromatic carbocycles. The van der Waals surface area contributed by atoms with Crippen molar-refractivity contribution in [2.75, 3.05) is 6.61 Å². The molecular formula is C6H7ClO3. The average molecular weight is 163 g/mol. The summed E-state index contributed by atoms with van der Waals surface area (Å²) in [6.07, 6.45) is 0. The maximum Gasteiger partial charge on any atom is 0.333 e. The van der Waals surface area contributed by atoms with Gasteiger partial charge in [-0.15, -0.1) is 0 Å². The van der Waals surface area contributed by atoms with Crippen molar-refractivity contribution in [2.24, 2.45) is 0 Å². The van der Waals surface area contributed by atoms with Gasteiger partial charge in [0.25, 0.3) is 5.24 Å². The third-order valence-electron chi connectivity index (χ3n) is 0.665. The summed E-state index contributed by atoms with van der Waals surface area (Å²) in [5, 5.41) is -0.699. The Morgan fingerprint density at radius 2 is 2.10 bits per heavy atom. The Hall–Kier alpha value is -0.830. The molecule has 0 saturated heterocycles. The lowest BCUT2D eigenvalue weighted by molar-refractivity contribution is -0.142. The van der Waals surface area contributed by atoms with Crippen LogP contribution in [0.1, 0.15) is 6.92 Å². The molecule has 0 bridgehead atoms. The number of rotatable bonds is 3. The van der Waals surface area contributed by atoms with E-state index in [1.54, 1.807) is 0 Å². The van der Waals surface area contributed by atoms with Crippen LogP contribution in [0.3, 0.4) is 0 Å². The van der Waals surface area contributed by atoms with E-state index < -0.39 is 17.8 Å². The highest BCUT2D eigenvalue weighted by Crippen LogP contribution is 1.92. The van der Waals surface area contributed by atoms with Crippen molar-refractivity contribution in [1.29, 1.82) is 0 Å². The molecule has 0 aliphatic rings. The van der Waals surface area contributed by atoms with Crippen molar-refractivity contribution in [3.8, 4) is 0 Å². The molecule has 0 amide bonds. The topological polar surface area (TPSA) is 43.4 Å². The van der Waals surface area contributed by atoms with Gasteiger partial charge in [-0.1, -0.05) is 6.58 Å². The SMILES string of the molecule is C=C(C)C(=O)OCC(=O)Cl. The smallest absolute Gasteiger partial charge is 0.333 e. The predicted octanol–water partition coefficient (Wildman–Crippen LogP) is 0.871. The predicted molar refractivity (Wildman–Crippen MR) is 36.6 cm³/mol. The van der Waals surface area contributed by atoms with E-state index in [0.29, 0.717) is 0 Å². The fraction of sp³-hybridized carbons (Fsp3) is 0.333. The first-order valence-electron chi connectivity index (χ1n) is 2.55. The number of carbonyl (C=O) groups is 2. The van der Waals surface area contributed by atoms with Crippen LogP contribution in [0.25, 0.3) is 0 Å². The van der Waals surface area contributed by atoms with Gasteiger partial charge in [0, 0.05) is 5.57 Å². The van der Waals surface area contributed by atoms with E-state index in [-0.39, 0.29) is 5.57 Å². The molecule has 0 aliphatic carbocycles. The number of carbonyl (C=O) groups excluding carboxylic acids is 2. The molecule has 0 saturated carbocycles. The molecule has 0 unspecified atom stereocenters. The van der Waals surface area contributed by atoms with Crippen LogP contribution in [0.2, 0.25) is 0 Å². The standard InChI is InChI=1S/C6H7ClO3/c1-4(2)6(9)10-3-5(7)8/h1,3H2,2H3.